The van der Waals surface area contributed by atoms with Crippen LogP contribution in [0.1, 0.15) is 47.5 Å². The maximum absolute atomic E-state index is 12.5. The molecule has 5 heteroatoms. The molecule has 1 amide bonds. The van der Waals surface area contributed by atoms with Crippen LogP contribution in [0.15, 0.2) is 0 Å². The Labute approximate surface area is 109 Å². The van der Waals surface area contributed by atoms with E-state index in [9.17, 15) is 9.59 Å². The summed E-state index contributed by atoms with van der Waals surface area (Å²) in [6.07, 6.45) is 0.360. The van der Waals surface area contributed by atoms with Crippen LogP contribution in [-0.2, 0) is 9.59 Å². The van der Waals surface area contributed by atoms with E-state index < -0.39 is 5.97 Å². The second-order valence-electron chi connectivity index (χ2n) is 6.52. The fraction of sp³-hybridized carbons (Fsp3) is 0.846. The van der Waals surface area contributed by atoms with Gasteiger partial charge in [0.05, 0.1) is 11.6 Å². The van der Waals surface area contributed by atoms with Crippen LogP contribution in [0.3, 0.4) is 0 Å². The molecule has 5 nitrogen and oxygen atoms in total. The number of hydrogen-bond donors (Lipinski definition) is 2. The molecule has 0 bridgehead atoms. The molecular formula is C13H24N2O3. The lowest BCUT2D eigenvalue weighted by Crippen LogP contribution is -2.69. The molecule has 1 aliphatic rings. The summed E-state index contributed by atoms with van der Waals surface area (Å²) in [5.41, 5.74) is -0.515. The number of carboxylic acids is 1. The molecule has 0 aromatic carbocycles. The Morgan fingerprint density at radius 3 is 2.50 bits per heavy atom. The summed E-state index contributed by atoms with van der Waals surface area (Å²) in [6, 6.07) is -0.381. The second kappa shape index (κ2) is 4.88. The Morgan fingerprint density at radius 2 is 2.06 bits per heavy atom. The minimum atomic E-state index is -0.864. The summed E-state index contributed by atoms with van der Waals surface area (Å²) in [6.45, 7) is 10.7. The van der Waals surface area contributed by atoms with E-state index in [1.54, 1.807) is 0 Å². The van der Waals surface area contributed by atoms with Crippen molar-refractivity contribution in [3.8, 4) is 0 Å². The standard InChI is InChI=1S/C13H24N2O3/c1-12(2,3)15-11(18)9(6-7-10(16)17)14-8-13(15,4)5/h9,14H,6-8H2,1-5H3,(H,16,17). The molecule has 1 fully saturated rings. The zero-order valence-corrected chi connectivity index (χ0v) is 11.9. The van der Waals surface area contributed by atoms with Gasteiger partial charge >= 0.3 is 5.97 Å². The molecule has 1 atom stereocenters. The van der Waals surface area contributed by atoms with E-state index in [-0.39, 0.29) is 29.4 Å². The van der Waals surface area contributed by atoms with Gasteiger partial charge in [0.2, 0.25) is 5.91 Å². The zero-order valence-electron chi connectivity index (χ0n) is 11.9. The van der Waals surface area contributed by atoms with Crippen LogP contribution in [-0.4, -0.2) is 45.5 Å². The third kappa shape index (κ3) is 3.22. The van der Waals surface area contributed by atoms with Crippen LogP contribution in [0.25, 0.3) is 0 Å². The maximum atomic E-state index is 12.5. The topological polar surface area (TPSA) is 69.6 Å². The van der Waals surface area contributed by atoms with E-state index in [4.69, 9.17) is 5.11 Å². The lowest BCUT2D eigenvalue weighted by atomic mass is 9.89. The highest BCUT2D eigenvalue weighted by Gasteiger charge is 2.44. The van der Waals surface area contributed by atoms with E-state index >= 15 is 0 Å². The molecule has 0 aromatic rings. The van der Waals surface area contributed by atoms with Gasteiger partial charge in [-0.05, 0) is 41.0 Å². The maximum Gasteiger partial charge on any atom is 0.303 e. The van der Waals surface area contributed by atoms with Gasteiger partial charge in [-0.25, -0.2) is 0 Å². The third-order valence-corrected chi connectivity index (χ3v) is 3.22. The first-order valence-corrected chi connectivity index (χ1v) is 6.35. The Balaban J connectivity index is 2.85. The molecule has 0 saturated carbocycles. The number of rotatable bonds is 3. The number of carbonyl (C=O) groups excluding carboxylic acids is 1. The monoisotopic (exact) mass is 256 g/mol. The van der Waals surface area contributed by atoms with E-state index in [1.165, 1.54) is 0 Å². The van der Waals surface area contributed by atoms with Crippen molar-refractivity contribution >= 4 is 11.9 Å². The molecule has 1 rings (SSSR count). The van der Waals surface area contributed by atoms with Crippen molar-refractivity contribution in [3.63, 3.8) is 0 Å². The van der Waals surface area contributed by atoms with Crippen LogP contribution >= 0.6 is 0 Å². The molecular weight excluding hydrogens is 232 g/mol. The Kier molecular flexibility index (Phi) is 4.05. The number of carbonyl (C=O) groups is 2. The number of aliphatic carboxylic acids is 1. The van der Waals surface area contributed by atoms with E-state index in [2.05, 4.69) is 5.32 Å². The lowest BCUT2D eigenvalue weighted by Gasteiger charge is -2.52. The van der Waals surface area contributed by atoms with E-state index in [0.717, 1.165) is 0 Å². The smallest absolute Gasteiger partial charge is 0.303 e. The second-order valence-corrected chi connectivity index (χ2v) is 6.52. The zero-order chi connectivity index (χ0) is 14.1. The van der Waals surface area contributed by atoms with Gasteiger partial charge in [-0.2, -0.15) is 0 Å². The highest BCUT2D eigenvalue weighted by atomic mass is 16.4. The highest BCUT2D eigenvalue weighted by Crippen LogP contribution is 2.29. The van der Waals surface area contributed by atoms with Crippen LogP contribution in [0.2, 0.25) is 0 Å². The molecule has 2 N–H and O–H groups in total. The van der Waals surface area contributed by atoms with Crippen molar-refractivity contribution in [2.24, 2.45) is 0 Å². The van der Waals surface area contributed by atoms with Crippen molar-refractivity contribution in [2.75, 3.05) is 6.54 Å². The van der Waals surface area contributed by atoms with E-state index in [1.807, 2.05) is 39.5 Å². The van der Waals surface area contributed by atoms with Gasteiger partial charge in [0.15, 0.2) is 0 Å². The predicted molar refractivity (Wildman–Crippen MR) is 69.3 cm³/mol. The Morgan fingerprint density at radius 1 is 1.50 bits per heavy atom. The summed E-state index contributed by atoms with van der Waals surface area (Å²) in [5, 5.41) is 11.9. The van der Waals surface area contributed by atoms with Gasteiger partial charge in [0, 0.05) is 18.5 Å². The van der Waals surface area contributed by atoms with Crippen molar-refractivity contribution in [1.82, 2.24) is 10.2 Å². The number of piperazine rings is 1. The van der Waals surface area contributed by atoms with Crippen molar-refractivity contribution in [1.29, 1.82) is 0 Å². The fourth-order valence-electron chi connectivity index (χ4n) is 2.73. The van der Waals surface area contributed by atoms with Gasteiger partial charge in [-0.1, -0.05) is 0 Å². The van der Waals surface area contributed by atoms with Crippen molar-refractivity contribution in [2.45, 2.75) is 64.6 Å². The predicted octanol–water partition coefficient (Wildman–Crippen LogP) is 1.23. The fourth-order valence-corrected chi connectivity index (χ4v) is 2.73. The van der Waals surface area contributed by atoms with E-state index in [0.29, 0.717) is 13.0 Å². The molecule has 1 unspecified atom stereocenters. The lowest BCUT2D eigenvalue weighted by molar-refractivity contribution is -0.151. The van der Waals surface area contributed by atoms with Gasteiger partial charge < -0.3 is 15.3 Å². The average Bonchev–Trinajstić information content (AvgIpc) is 2.12. The number of nitrogens with one attached hydrogen (secondary N) is 1. The molecule has 18 heavy (non-hydrogen) atoms. The van der Waals surface area contributed by atoms with Gasteiger partial charge in [0.25, 0.3) is 0 Å². The number of nitrogens with zero attached hydrogens (tertiary/aromatic N) is 1. The first-order chi connectivity index (χ1) is 8.05. The average molecular weight is 256 g/mol. The first-order valence-electron chi connectivity index (χ1n) is 6.35. The molecule has 1 aliphatic heterocycles. The summed E-state index contributed by atoms with van der Waals surface area (Å²) in [4.78, 5) is 25.0. The third-order valence-electron chi connectivity index (χ3n) is 3.22. The molecule has 1 heterocycles. The summed E-state index contributed by atoms with van der Waals surface area (Å²) in [7, 11) is 0. The minimum absolute atomic E-state index is 0.000000000000000666. The summed E-state index contributed by atoms with van der Waals surface area (Å²) >= 11 is 0. The molecule has 104 valence electrons. The Hall–Kier alpha value is -1.10. The van der Waals surface area contributed by atoms with Crippen LogP contribution in [0.5, 0.6) is 0 Å². The number of hydrogen-bond acceptors (Lipinski definition) is 3. The number of carboxylic acid groups (broad SMARTS) is 1. The Bertz CT molecular complexity index is 345. The SMILES string of the molecule is CC(C)(C)N1C(=O)C(CCC(=O)O)NCC1(C)C. The molecule has 0 aliphatic carbocycles. The van der Waals surface area contributed by atoms with Crippen LogP contribution in [0.4, 0.5) is 0 Å². The highest BCUT2D eigenvalue weighted by molar-refractivity contribution is 5.84. The number of amides is 1. The van der Waals surface area contributed by atoms with Crippen LogP contribution < -0.4 is 5.32 Å². The van der Waals surface area contributed by atoms with Gasteiger partial charge in [-0.3, -0.25) is 9.59 Å². The molecule has 0 radical (unpaired) electrons. The summed E-state index contributed by atoms with van der Waals surface area (Å²) < 4.78 is 0. The molecule has 0 spiro atoms. The molecule has 1 saturated heterocycles. The quantitative estimate of drug-likeness (QED) is 0.797. The van der Waals surface area contributed by atoms with Crippen molar-refractivity contribution < 1.29 is 14.7 Å². The molecule has 0 aromatic heterocycles. The van der Waals surface area contributed by atoms with Crippen molar-refractivity contribution in [3.05, 3.63) is 0 Å². The van der Waals surface area contributed by atoms with Crippen LogP contribution in [0, 0.1) is 0 Å². The largest absolute Gasteiger partial charge is 0.481 e. The summed E-state index contributed by atoms with van der Waals surface area (Å²) in [5.74, 6) is -0.864. The van der Waals surface area contributed by atoms with Gasteiger partial charge in [-0.15, -0.1) is 0 Å². The normalized spacial score (nSPS) is 24.2. The first kappa shape index (κ1) is 15.0. The van der Waals surface area contributed by atoms with Gasteiger partial charge in [0.1, 0.15) is 0 Å². The minimum Gasteiger partial charge on any atom is -0.481 e.